The van der Waals surface area contributed by atoms with Crippen molar-refractivity contribution in [3.63, 3.8) is 0 Å². The van der Waals surface area contributed by atoms with Crippen LogP contribution in [0.25, 0.3) is 0 Å². The van der Waals surface area contributed by atoms with Crippen LogP contribution in [0.5, 0.6) is 0 Å². The summed E-state index contributed by atoms with van der Waals surface area (Å²) in [6.07, 6.45) is -0.815. The minimum atomic E-state index is -0.902. The van der Waals surface area contributed by atoms with E-state index in [0.29, 0.717) is 31.6 Å². The second kappa shape index (κ2) is 4.97. The average Bonchev–Trinajstić information content (AvgIpc) is 3.47. The van der Waals surface area contributed by atoms with E-state index in [4.69, 9.17) is 18.9 Å². The molecule has 0 bridgehead atoms. The molecule has 5 fully saturated rings. The van der Waals surface area contributed by atoms with Crippen LogP contribution in [0, 0.1) is 17.8 Å². The highest BCUT2D eigenvalue weighted by atomic mass is 16.6. The number of hydrogen-bond acceptors (Lipinski definition) is 7. The Morgan fingerprint density at radius 2 is 2.00 bits per heavy atom. The summed E-state index contributed by atoms with van der Waals surface area (Å²) in [5, 5.41) is 10.5. The first-order valence-corrected chi connectivity index (χ1v) is 9.01. The highest BCUT2D eigenvalue weighted by molar-refractivity contribution is 5.91. The molecule has 0 amide bonds. The van der Waals surface area contributed by atoms with Crippen molar-refractivity contribution in [2.45, 2.75) is 49.3 Å². The van der Waals surface area contributed by atoms with Crippen molar-refractivity contribution >= 4 is 11.9 Å². The summed E-state index contributed by atoms with van der Waals surface area (Å²) >= 11 is 0. The number of fused-ring (bicyclic) bond motifs is 4. The Morgan fingerprint density at radius 3 is 2.62 bits per heavy atom. The highest BCUT2D eigenvalue weighted by Gasteiger charge is 2.71. The molecular formula is C19H22O7. The maximum absolute atomic E-state index is 12.4. The molecular weight excluding hydrogens is 340 g/mol. The van der Waals surface area contributed by atoms with Crippen LogP contribution >= 0.6 is 0 Å². The highest BCUT2D eigenvalue weighted by Crippen LogP contribution is 2.60. The Balaban J connectivity index is 1.51. The number of esters is 2. The third kappa shape index (κ3) is 2.05. The van der Waals surface area contributed by atoms with Crippen molar-refractivity contribution in [1.82, 2.24) is 0 Å². The summed E-state index contributed by atoms with van der Waals surface area (Å²) in [6, 6.07) is 0. The summed E-state index contributed by atoms with van der Waals surface area (Å²) in [7, 11) is 0. The largest absolute Gasteiger partial charge is 0.459 e. The SMILES string of the molecule is C=C1C(=O)O[C@@H]2[C@H]1[C@@H](OC(=O)[C@]1(C)CO1)CC(=C)[C@@H]1C[C@@H](O)[C@@]3(CO3)[C@@H]21. The molecule has 3 heterocycles. The lowest BCUT2D eigenvalue weighted by atomic mass is 9.78. The summed E-state index contributed by atoms with van der Waals surface area (Å²) in [4.78, 5) is 24.7. The van der Waals surface area contributed by atoms with Crippen LogP contribution in [0.2, 0.25) is 0 Å². The van der Waals surface area contributed by atoms with Crippen LogP contribution in [0.4, 0.5) is 0 Å². The number of aliphatic hydroxyl groups is 1. The molecule has 0 aromatic rings. The minimum Gasteiger partial charge on any atom is -0.459 e. The van der Waals surface area contributed by atoms with Crippen molar-refractivity contribution in [2.24, 2.45) is 17.8 Å². The van der Waals surface area contributed by atoms with Crippen LogP contribution in [-0.2, 0) is 28.5 Å². The fourth-order valence-corrected chi connectivity index (χ4v) is 5.02. The molecule has 0 radical (unpaired) electrons. The summed E-state index contributed by atoms with van der Waals surface area (Å²) in [5.41, 5.74) is -0.396. The first-order chi connectivity index (χ1) is 12.3. The normalized spacial score (nSPS) is 51.5. The lowest BCUT2D eigenvalue weighted by molar-refractivity contribution is -0.158. The molecule has 7 nitrogen and oxygen atoms in total. The number of aliphatic hydroxyl groups excluding tert-OH is 1. The van der Waals surface area contributed by atoms with Gasteiger partial charge in [0.05, 0.1) is 25.2 Å². The van der Waals surface area contributed by atoms with Gasteiger partial charge in [0.2, 0.25) is 0 Å². The molecule has 3 aliphatic heterocycles. The molecule has 1 spiro atoms. The van der Waals surface area contributed by atoms with Gasteiger partial charge in [-0.1, -0.05) is 18.7 Å². The lowest BCUT2D eigenvalue weighted by Crippen LogP contribution is -2.43. The molecule has 2 saturated carbocycles. The zero-order valence-corrected chi connectivity index (χ0v) is 14.6. The molecule has 26 heavy (non-hydrogen) atoms. The molecule has 0 unspecified atom stereocenters. The molecule has 1 N–H and O–H groups in total. The Bertz CT molecular complexity index is 732. The topological polar surface area (TPSA) is 97.9 Å². The van der Waals surface area contributed by atoms with Crippen molar-refractivity contribution in [3.05, 3.63) is 24.3 Å². The second-order valence-corrected chi connectivity index (χ2v) is 8.37. The Kier molecular flexibility index (Phi) is 3.15. The second-order valence-electron chi connectivity index (χ2n) is 8.37. The van der Waals surface area contributed by atoms with Crippen molar-refractivity contribution in [2.75, 3.05) is 13.2 Å². The number of hydrogen-bond donors (Lipinski definition) is 1. The standard InChI is InChI=1S/C19H22O7/c1-8-4-11(25-17(22)18(3)6-23-18)13-9(2)16(21)26-15(13)14-10(8)5-12(20)19(14)7-24-19/h10-15,20H,1-2,4-7H2,3H3/t10-,11-,12+,13+,14+,15+,18-,19-/m0/s1. The Hall–Kier alpha value is -1.70. The van der Waals surface area contributed by atoms with Crippen LogP contribution in [0.3, 0.4) is 0 Å². The number of carbonyl (C=O) groups is 2. The third-order valence-corrected chi connectivity index (χ3v) is 6.79. The number of ether oxygens (including phenoxy) is 4. The number of rotatable bonds is 2. The maximum Gasteiger partial charge on any atom is 0.340 e. The first kappa shape index (κ1) is 16.5. The summed E-state index contributed by atoms with van der Waals surface area (Å²) in [6.45, 7) is 10.5. The zero-order chi connectivity index (χ0) is 18.4. The average molecular weight is 362 g/mol. The van der Waals surface area contributed by atoms with Gasteiger partial charge >= 0.3 is 11.9 Å². The quantitative estimate of drug-likeness (QED) is 0.331. The van der Waals surface area contributed by atoms with Crippen LogP contribution < -0.4 is 0 Å². The van der Waals surface area contributed by atoms with Gasteiger partial charge in [0, 0.05) is 17.9 Å². The Morgan fingerprint density at radius 1 is 1.31 bits per heavy atom. The smallest absolute Gasteiger partial charge is 0.340 e. The minimum absolute atomic E-state index is 0.0461. The molecule has 5 aliphatic rings. The van der Waals surface area contributed by atoms with E-state index in [1.54, 1.807) is 6.92 Å². The van der Waals surface area contributed by atoms with E-state index >= 15 is 0 Å². The molecule has 3 saturated heterocycles. The lowest BCUT2D eigenvalue weighted by Gasteiger charge is -2.30. The first-order valence-electron chi connectivity index (χ1n) is 9.01. The predicted octanol–water partition coefficient (Wildman–Crippen LogP) is 0.511. The van der Waals surface area contributed by atoms with Gasteiger partial charge in [-0.05, 0) is 19.3 Å². The van der Waals surface area contributed by atoms with Crippen LogP contribution in [-0.4, -0.2) is 59.8 Å². The van der Waals surface area contributed by atoms with Gasteiger partial charge in [-0.15, -0.1) is 0 Å². The van der Waals surface area contributed by atoms with Gasteiger partial charge in [-0.3, -0.25) is 0 Å². The van der Waals surface area contributed by atoms with E-state index < -0.39 is 47.4 Å². The van der Waals surface area contributed by atoms with Crippen molar-refractivity contribution in [1.29, 1.82) is 0 Å². The van der Waals surface area contributed by atoms with Crippen molar-refractivity contribution < 1.29 is 33.6 Å². The van der Waals surface area contributed by atoms with Gasteiger partial charge in [0.1, 0.15) is 17.8 Å². The van der Waals surface area contributed by atoms with E-state index in [2.05, 4.69) is 13.2 Å². The van der Waals surface area contributed by atoms with E-state index in [0.717, 1.165) is 5.57 Å². The molecule has 2 aliphatic carbocycles. The van der Waals surface area contributed by atoms with Gasteiger partial charge < -0.3 is 24.1 Å². The molecule has 0 aromatic heterocycles. The fourth-order valence-electron chi connectivity index (χ4n) is 5.02. The zero-order valence-electron chi connectivity index (χ0n) is 14.6. The number of carbonyl (C=O) groups excluding carboxylic acids is 2. The maximum atomic E-state index is 12.4. The van der Waals surface area contributed by atoms with E-state index in [1.165, 1.54) is 0 Å². The Labute approximate surface area is 150 Å². The van der Waals surface area contributed by atoms with Gasteiger partial charge in [0.25, 0.3) is 0 Å². The monoisotopic (exact) mass is 362 g/mol. The van der Waals surface area contributed by atoms with Gasteiger partial charge in [-0.2, -0.15) is 0 Å². The molecule has 5 rings (SSSR count). The van der Waals surface area contributed by atoms with E-state index in [1.807, 2.05) is 0 Å². The van der Waals surface area contributed by atoms with E-state index in [-0.39, 0.29) is 11.8 Å². The molecule has 0 aromatic carbocycles. The summed E-state index contributed by atoms with van der Waals surface area (Å²) in [5.74, 6) is -1.62. The van der Waals surface area contributed by atoms with Crippen LogP contribution in [0.15, 0.2) is 24.3 Å². The molecule has 8 atom stereocenters. The fraction of sp³-hybridized carbons (Fsp3) is 0.684. The van der Waals surface area contributed by atoms with Crippen molar-refractivity contribution in [3.8, 4) is 0 Å². The predicted molar refractivity (Wildman–Crippen MR) is 86.8 cm³/mol. The van der Waals surface area contributed by atoms with Gasteiger partial charge in [0.15, 0.2) is 5.60 Å². The summed E-state index contributed by atoms with van der Waals surface area (Å²) < 4.78 is 22.3. The van der Waals surface area contributed by atoms with E-state index in [9.17, 15) is 14.7 Å². The van der Waals surface area contributed by atoms with Gasteiger partial charge in [-0.25, -0.2) is 9.59 Å². The molecule has 7 heteroatoms. The molecule has 140 valence electrons. The third-order valence-electron chi connectivity index (χ3n) is 6.79. The number of epoxide rings is 2. The van der Waals surface area contributed by atoms with Crippen LogP contribution in [0.1, 0.15) is 19.8 Å².